The van der Waals surface area contributed by atoms with Crippen LogP contribution >= 0.6 is 0 Å². The molecule has 0 fully saturated rings. The van der Waals surface area contributed by atoms with Crippen LogP contribution in [0.2, 0.25) is 0 Å². The highest BCUT2D eigenvalue weighted by molar-refractivity contribution is 6.04. The van der Waals surface area contributed by atoms with E-state index in [9.17, 15) is 14.0 Å². The molecule has 0 unspecified atom stereocenters. The molecule has 2 rings (SSSR count). The van der Waals surface area contributed by atoms with E-state index in [1.807, 2.05) is 13.8 Å². The van der Waals surface area contributed by atoms with Crippen LogP contribution in [-0.4, -0.2) is 34.8 Å². The van der Waals surface area contributed by atoms with Crippen molar-refractivity contribution in [1.82, 2.24) is 9.88 Å². The smallest absolute Gasteiger partial charge is 0.274 e. The summed E-state index contributed by atoms with van der Waals surface area (Å²) in [4.78, 5) is 30.7. The van der Waals surface area contributed by atoms with E-state index in [0.717, 1.165) is 12.8 Å². The first-order valence-electron chi connectivity index (χ1n) is 8.37. The molecule has 0 aliphatic carbocycles. The molecule has 1 heterocycles. The van der Waals surface area contributed by atoms with Gasteiger partial charge < -0.3 is 10.2 Å². The van der Waals surface area contributed by atoms with Crippen LogP contribution in [0.4, 0.5) is 10.1 Å². The SMILES string of the molecule is CCCN(CCC)C(=O)c1ccnc(C(=O)Nc2cccc(F)c2)c1. The van der Waals surface area contributed by atoms with Gasteiger partial charge in [0.05, 0.1) is 0 Å². The fraction of sp³-hybridized carbons (Fsp3) is 0.316. The first-order valence-corrected chi connectivity index (χ1v) is 8.37. The number of aromatic nitrogens is 1. The number of rotatable bonds is 7. The van der Waals surface area contributed by atoms with E-state index < -0.39 is 11.7 Å². The minimum Gasteiger partial charge on any atom is -0.339 e. The zero-order valence-electron chi connectivity index (χ0n) is 14.5. The number of nitrogens with one attached hydrogen (secondary N) is 1. The van der Waals surface area contributed by atoms with Crippen molar-refractivity contribution in [2.24, 2.45) is 0 Å². The van der Waals surface area contributed by atoms with Gasteiger partial charge in [-0.25, -0.2) is 4.39 Å². The Balaban J connectivity index is 2.16. The number of carbonyl (C=O) groups is 2. The molecule has 5 nitrogen and oxygen atoms in total. The highest BCUT2D eigenvalue weighted by Crippen LogP contribution is 2.12. The summed E-state index contributed by atoms with van der Waals surface area (Å²) >= 11 is 0. The van der Waals surface area contributed by atoms with Gasteiger partial charge in [0.1, 0.15) is 11.5 Å². The lowest BCUT2D eigenvalue weighted by Crippen LogP contribution is -2.32. The Labute approximate surface area is 146 Å². The van der Waals surface area contributed by atoms with Crippen molar-refractivity contribution in [2.75, 3.05) is 18.4 Å². The van der Waals surface area contributed by atoms with Gasteiger partial charge in [-0.15, -0.1) is 0 Å². The third kappa shape index (κ3) is 5.11. The van der Waals surface area contributed by atoms with Crippen molar-refractivity contribution in [2.45, 2.75) is 26.7 Å². The van der Waals surface area contributed by atoms with Gasteiger partial charge in [0.15, 0.2) is 0 Å². The summed E-state index contributed by atoms with van der Waals surface area (Å²) in [5.41, 5.74) is 0.867. The fourth-order valence-electron chi connectivity index (χ4n) is 2.49. The van der Waals surface area contributed by atoms with Crippen LogP contribution in [0.5, 0.6) is 0 Å². The molecule has 1 N–H and O–H groups in total. The van der Waals surface area contributed by atoms with Crippen LogP contribution in [0, 0.1) is 5.82 Å². The molecule has 1 aromatic heterocycles. The molecule has 2 amide bonds. The Hall–Kier alpha value is -2.76. The number of hydrogen-bond donors (Lipinski definition) is 1. The monoisotopic (exact) mass is 343 g/mol. The minimum absolute atomic E-state index is 0.114. The normalized spacial score (nSPS) is 10.4. The topological polar surface area (TPSA) is 62.3 Å². The molecule has 132 valence electrons. The Morgan fingerprint density at radius 2 is 1.84 bits per heavy atom. The van der Waals surface area contributed by atoms with E-state index >= 15 is 0 Å². The first-order chi connectivity index (χ1) is 12.0. The number of pyridine rings is 1. The molecule has 1 aromatic carbocycles. The molecule has 0 spiro atoms. The molecule has 6 heteroatoms. The predicted molar refractivity (Wildman–Crippen MR) is 95.1 cm³/mol. The maximum Gasteiger partial charge on any atom is 0.274 e. The van der Waals surface area contributed by atoms with E-state index in [-0.39, 0.29) is 11.6 Å². The number of amides is 2. The van der Waals surface area contributed by atoms with Crippen molar-refractivity contribution < 1.29 is 14.0 Å². The van der Waals surface area contributed by atoms with Gasteiger partial charge in [-0.2, -0.15) is 0 Å². The molecule has 0 aliphatic rings. The second-order valence-electron chi connectivity index (χ2n) is 5.69. The third-order valence-electron chi connectivity index (χ3n) is 3.60. The average molecular weight is 343 g/mol. The van der Waals surface area contributed by atoms with Crippen LogP contribution < -0.4 is 5.32 Å². The van der Waals surface area contributed by atoms with Gasteiger partial charge in [0, 0.05) is 30.5 Å². The molecule has 0 atom stereocenters. The van der Waals surface area contributed by atoms with Crippen molar-refractivity contribution in [1.29, 1.82) is 0 Å². The van der Waals surface area contributed by atoms with Gasteiger partial charge in [-0.3, -0.25) is 14.6 Å². The maximum atomic E-state index is 13.2. The van der Waals surface area contributed by atoms with Crippen LogP contribution in [0.1, 0.15) is 47.5 Å². The Bertz CT molecular complexity index is 743. The Morgan fingerprint density at radius 3 is 2.48 bits per heavy atom. The van der Waals surface area contributed by atoms with E-state index in [1.54, 1.807) is 17.0 Å². The lowest BCUT2D eigenvalue weighted by Gasteiger charge is -2.21. The van der Waals surface area contributed by atoms with Crippen LogP contribution in [0.3, 0.4) is 0 Å². The summed E-state index contributed by atoms with van der Waals surface area (Å²) in [5.74, 6) is -1.05. The van der Waals surface area contributed by atoms with Gasteiger partial charge in [0.25, 0.3) is 11.8 Å². The van der Waals surface area contributed by atoms with Crippen molar-refractivity contribution in [3.63, 3.8) is 0 Å². The second-order valence-corrected chi connectivity index (χ2v) is 5.69. The minimum atomic E-state index is -0.488. The zero-order valence-corrected chi connectivity index (χ0v) is 14.5. The lowest BCUT2D eigenvalue weighted by molar-refractivity contribution is 0.0755. The van der Waals surface area contributed by atoms with Crippen LogP contribution in [-0.2, 0) is 0 Å². The molecule has 2 aromatic rings. The second kappa shape index (κ2) is 8.92. The van der Waals surface area contributed by atoms with Crippen LogP contribution in [0.25, 0.3) is 0 Å². The molecule has 0 saturated heterocycles. The largest absolute Gasteiger partial charge is 0.339 e. The van der Waals surface area contributed by atoms with Gasteiger partial charge in [-0.05, 0) is 43.2 Å². The molecule has 0 aliphatic heterocycles. The Kier molecular flexibility index (Phi) is 6.62. The maximum absolute atomic E-state index is 13.2. The number of benzene rings is 1. The molecule has 0 bridgehead atoms. The van der Waals surface area contributed by atoms with E-state index in [4.69, 9.17) is 0 Å². The average Bonchev–Trinajstić information content (AvgIpc) is 2.61. The van der Waals surface area contributed by atoms with Crippen molar-refractivity contribution in [3.05, 3.63) is 59.7 Å². The fourth-order valence-corrected chi connectivity index (χ4v) is 2.49. The molecule has 0 saturated carbocycles. The lowest BCUT2D eigenvalue weighted by atomic mass is 10.1. The number of anilines is 1. The van der Waals surface area contributed by atoms with E-state index in [2.05, 4.69) is 10.3 Å². The summed E-state index contributed by atoms with van der Waals surface area (Å²) in [7, 11) is 0. The van der Waals surface area contributed by atoms with Crippen molar-refractivity contribution >= 4 is 17.5 Å². The predicted octanol–water partition coefficient (Wildman–Crippen LogP) is 3.74. The number of hydrogen-bond acceptors (Lipinski definition) is 3. The van der Waals surface area contributed by atoms with E-state index in [0.29, 0.717) is 24.3 Å². The molecular formula is C19H22FN3O2. The number of nitrogens with zero attached hydrogens (tertiary/aromatic N) is 2. The summed E-state index contributed by atoms with van der Waals surface area (Å²) in [6.45, 7) is 5.36. The standard InChI is InChI=1S/C19H22FN3O2/c1-3-10-23(11-4-2)19(25)14-8-9-21-17(12-14)18(24)22-16-7-5-6-15(20)13-16/h5-9,12-13H,3-4,10-11H2,1-2H3,(H,22,24). The third-order valence-corrected chi connectivity index (χ3v) is 3.60. The summed E-state index contributed by atoms with van der Waals surface area (Å²) in [6.07, 6.45) is 3.16. The molecular weight excluding hydrogens is 321 g/mol. The zero-order chi connectivity index (χ0) is 18.2. The van der Waals surface area contributed by atoms with Crippen molar-refractivity contribution in [3.8, 4) is 0 Å². The van der Waals surface area contributed by atoms with Gasteiger partial charge in [0.2, 0.25) is 0 Å². The van der Waals surface area contributed by atoms with Gasteiger partial charge in [-0.1, -0.05) is 19.9 Å². The highest BCUT2D eigenvalue weighted by Gasteiger charge is 2.17. The highest BCUT2D eigenvalue weighted by atomic mass is 19.1. The summed E-state index contributed by atoms with van der Waals surface area (Å²) in [5, 5.41) is 2.58. The number of carbonyl (C=O) groups excluding carboxylic acids is 2. The quantitative estimate of drug-likeness (QED) is 0.833. The number of halogens is 1. The summed E-state index contributed by atoms with van der Waals surface area (Å²) < 4.78 is 13.2. The van der Waals surface area contributed by atoms with Crippen LogP contribution in [0.15, 0.2) is 42.6 Å². The molecule has 25 heavy (non-hydrogen) atoms. The first kappa shape index (κ1) is 18.6. The van der Waals surface area contributed by atoms with E-state index in [1.165, 1.54) is 30.5 Å². The summed E-state index contributed by atoms with van der Waals surface area (Å²) in [6, 6.07) is 8.67. The molecule has 0 radical (unpaired) electrons. The van der Waals surface area contributed by atoms with Gasteiger partial charge >= 0.3 is 0 Å². The Morgan fingerprint density at radius 1 is 1.12 bits per heavy atom.